The van der Waals surface area contributed by atoms with Gasteiger partial charge < -0.3 is 9.80 Å². The fraction of sp³-hybridized carbons (Fsp3) is 0.529. The van der Waals surface area contributed by atoms with Gasteiger partial charge in [-0.05, 0) is 39.8 Å². The van der Waals surface area contributed by atoms with E-state index in [1.165, 1.54) is 0 Å². The second-order valence-electron chi connectivity index (χ2n) is 6.17. The van der Waals surface area contributed by atoms with Gasteiger partial charge in [-0.3, -0.25) is 9.59 Å². The molecular weight excluding hydrogens is 264 g/mol. The number of hydrogen-bond acceptors (Lipinski definition) is 2. The molecule has 0 radical (unpaired) electrons. The lowest BCUT2D eigenvalue weighted by Gasteiger charge is -2.32. The molecule has 0 spiro atoms. The number of hydrogen-bond donors (Lipinski definition) is 0. The minimum Gasteiger partial charge on any atom is -0.338 e. The maximum atomic E-state index is 12.7. The molecule has 4 nitrogen and oxygen atoms in total. The standard InChI is InChI=1S/C17H24N2O2/c1-12(2)19(13(3)4)17(21)14-10-16(20)18(11-14)15-8-6-5-7-9-15/h5-9,12-14H,10-11H2,1-4H3/t14-/m1/s1. The number of anilines is 1. The van der Waals surface area contributed by atoms with Crippen molar-refractivity contribution in [3.05, 3.63) is 30.3 Å². The number of para-hydroxylation sites is 1. The number of benzene rings is 1. The van der Waals surface area contributed by atoms with Crippen LogP contribution in [0, 0.1) is 5.92 Å². The van der Waals surface area contributed by atoms with Gasteiger partial charge in [0, 0.05) is 30.7 Å². The lowest BCUT2D eigenvalue weighted by Crippen LogP contribution is -2.45. The van der Waals surface area contributed by atoms with Crippen LogP contribution in [-0.2, 0) is 9.59 Å². The van der Waals surface area contributed by atoms with Gasteiger partial charge in [-0.15, -0.1) is 0 Å². The van der Waals surface area contributed by atoms with E-state index in [-0.39, 0.29) is 29.8 Å². The molecule has 2 rings (SSSR count). The highest BCUT2D eigenvalue weighted by Gasteiger charge is 2.38. The lowest BCUT2D eigenvalue weighted by molar-refractivity contribution is -0.139. The van der Waals surface area contributed by atoms with Crippen LogP contribution in [0.25, 0.3) is 0 Å². The molecule has 0 saturated carbocycles. The van der Waals surface area contributed by atoms with Gasteiger partial charge in [0.25, 0.3) is 0 Å². The van der Waals surface area contributed by atoms with E-state index < -0.39 is 0 Å². The van der Waals surface area contributed by atoms with Gasteiger partial charge in [0.05, 0.1) is 5.92 Å². The molecule has 0 N–H and O–H groups in total. The zero-order valence-corrected chi connectivity index (χ0v) is 13.2. The monoisotopic (exact) mass is 288 g/mol. The van der Waals surface area contributed by atoms with Crippen LogP contribution in [0.15, 0.2) is 30.3 Å². The first-order valence-corrected chi connectivity index (χ1v) is 7.59. The molecule has 2 amide bonds. The van der Waals surface area contributed by atoms with E-state index >= 15 is 0 Å². The summed E-state index contributed by atoms with van der Waals surface area (Å²) >= 11 is 0. The van der Waals surface area contributed by atoms with Crippen molar-refractivity contribution in [2.45, 2.75) is 46.2 Å². The Labute approximate surface area is 126 Å². The lowest BCUT2D eigenvalue weighted by atomic mass is 10.0. The van der Waals surface area contributed by atoms with E-state index in [0.29, 0.717) is 13.0 Å². The van der Waals surface area contributed by atoms with Crippen LogP contribution in [0.1, 0.15) is 34.1 Å². The quantitative estimate of drug-likeness (QED) is 0.854. The van der Waals surface area contributed by atoms with Crippen LogP contribution < -0.4 is 4.90 Å². The van der Waals surface area contributed by atoms with Crippen LogP contribution in [0.4, 0.5) is 5.69 Å². The Morgan fingerprint density at radius 3 is 2.24 bits per heavy atom. The van der Waals surface area contributed by atoms with Crippen molar-refractivity contribution in [2.75, 3.05) is 11.4 Å². The van der Waals surface area contributed by atoms with E-state index in [4.69, 9.17) is 0 Å². The zero-order chi connectivity index (χ0) is 15.6. The van der Waals surface area contributed by atoms with Crippen molar-refractivity contribution in [3.63, 3.8) is 0 Å². The van der Waals surface area contributed by atoms with Crippen molar-refractivity contribution in [2.24, 2.45) is 5.92 Å². The third kappa shape index (κ3) is 3.26. The summed E-state index contributed by atoms with van der Waals surface area (Å²) in [5, 5.41) is 0. The highest BCUT2D eigenvalue weighted by molar-refractivity contribution is 6.00. The summed E-state index contributed by atoms with van der Waals surface area (Å²) in [6.45, 7) is 8.55. The summed E-state index contributed by atoms with van der Waals surface area (Å²) < 4.78 is 0. The van der Waals surface area contributed by atoms with Gasteiger partial charge >= 0.3 is 0 Å². The van der Waals surface area contributed by atoms with E-state index in [9.17, 15) is 9.59 Å². The number of amides is 2. The molecule has 0 aliphatic carbocycles. The second kappa shape index (κ2) is 6.29. The maximum absolute atomic E-state index is 12.7. The summed E-state index contributed by atoms with van der Waals surface area (Å²) in [5.74, 6) is -0.110. The molecule has 21 heavy (non-hydrogen) atoms. The number of nitrogens with zero attached hydrogens (tertiary/aromatic N) is 2. The van der Waals surface area contributed by atoms with Gasteiger partial charge in [-0.1, -0.05) is 18.2 Å². The maximum Gasteiger partial charge on any atom is 0.228 e. The minimum atomic E-state index is -0.234. The van der Waals surface area contributed by atoms with Crippen LogP contribution in [-0.4, -0.2) is 35.3 Å². The SMILES string of the molecule is CC(C)N(C(=O)[C@@H]1CC(=O)N(c2ccccc2)C1)C(C)C. The fourth-order valence-electron chi connectivity index (χ4n) is 3.05. The number of rotatable bonds is 4. The molecule has 0 aromatic heterocycles. The summed E-state index contributed by atoms with van der Waals surface area (Å²) in [6, 6.07) is 9.86. The molecule has 0 bridgehead atoms. The zero-order valence-electron chi connectivity index (χ0n) is 13.2. The molecule has 1 aromatic carbocycles. The number of carbonyl (C=O) groups is 2. The first kappa shape index (κ1) is 15.5. The average Bonchev–Trinajstić information content (AvgIpc) is 2.81. The van der Waals surface area contributed by atoms with Gasteiger partial charge in [0.2, 0.25) is 11.8 Å². The summed E-state index contributed by atoms with van der Waals surface area (Å²) in [7, 11) is 0. The second-order valence-corrected chi connectivity index (χ2v) is 6.17. The predicted octanol–water partition coefficient (Wildman–Crippen LogP) is 2.68. The topological polar surface area (TPSA) is 40.6 Å². The van der Waals surface area contributed by atoms with E-state index in [2.05, 4.69) is 0 Å². The Bertz CT molecular complexity index is 503. The molecule has 1 heterocycles. The first-order valence-electron chi connectivity index (χ1n) is 7.59. The average molecular weight is 288 g/mol. The van der Waals surface area contributed by atoms with Crippen LogP contribution in [0.3, 0.4) is 0 Å². The normalized spacial score (nSPS) is 18.7. The smallest absolute Gasteiger partial charge is 0.228 e. The van der Waals surface area contributed by atoms with Crippen LogP contribution in [0.5, 0.6) is 0 Å². The molecule has 1 aromatic rings. The number of carbonyl (C=O) groups excluding carboxylic acids is 2. The Morgan fingerprint density at radius 1 is 1.14 bits per heavy atom. The summed E-state index contributed by atoms with van der Waals surface area (Å²) in [4.78, 5) is 28.5. The molecule has 0 unspecified atom stereocenters. The fourth-order valence-corrected chi connectivity index (χ4v) is 3.05. The van der Waals surface area contributed by atoms with Crippen molar-refractivity contribution < 1.29 is 9.59 Å². The molecule has 1 fully saturated rings. The Balaban J connectivity index is 2.14. The Kier molecular flexibility index (Phi) is 4.66. The molecule has 4 heteroatoms. The highest BCUT2D eigenvalue weighted by Crippen LogP contribution is 2.27. The predicted molar refractivity (Wildman–Crippen MR) is 84.0 cm³/mol. The van der Waals surface area contributed by atoms with Crippen LogP contribution in [0.2, 0.25) is 0 Å². The third-order valence-corrected chi connectivity index (χ3v) is 3.91. The van der Waals surface area contributed by atoms with Crippen molar-refractivity contribution >= 4 is 17.5 Å². The summed E-state index contributed by atoms with van der Waals surface area (Å²) in [6.07, 6.45) is 0.309. The van der Waals surface area contributed by atoms with Crippen molar-refractivity contribution in [1.29, 1.82) is 0 Å². The largest absolute Gasteiger partial charge is 0.338 e. The Morgan fingerprint density at radius 2 is 1.71 bits per heavy atom. The molecule has 1 aliphatic rings. The van der Waals surface area contributed by atoms with Gasteiger partial charge in [0.1, 0.15) is 0 Å². The molecular formula is C17H24N2O2. The van der Waals surface area contributed by atoms with Gasteiger partial charge in [-0.2, -0.15) is 0 Å². The van der Waals surface area contributed by atoms with Crippen molar-refractivity contribution in [3.8, 4) is 0 Å². The highest BCUT2D eigenvalue weighted by atomic mass is 16.2. The molecule has 1 aliphatic heterocycles. The van der Waals surface area contributed by atoms with Crippen molar-refractivity contribution in [1.82, 2.24) is 4.90 Å². The molecule has 114 valence electrons. The molecule has 1 saturated heterocycles. The van der Waals surface area contributed by atoms with Crippen LogP contribution >= 0.6 is 0 Å². The van der Waals surface area contributed by atoms with E-state index in [0.717, 1.165) is 5.69 Å². The molecule has 1 atom stereocenters. The minimum absolute atomic E-state index is 0.0343. The summed E-state index contributed by atoms with van der Waals surface area (Å²) in [5.41, 5.74) is 0.874. The third-order valence-electron chi connectivity index (χ3n) is 3.91. The first-order chi connectivity index (χ1) is 9.91. The van der Waals surface area contributed by atoms with E-state index in [1.807, 2.05) is 62.9 Å². The van der Waals surface area contributed by atoms with Gasteiger partial charge in [-0.25, -0.2) is 0 Å². The van der Waals surface area contributed by atoms with Gasteiger partial charge in [0.15, 0.2) is 0 Å². The Hall–Kier alpha value is -1.84. The van der Waals surface area contributed by atoms with E-state index in [1.54, 1.807) is 4.90 Å².